The van der Waals surface area contributed by atoms with E-state index in [0.717, 1.165) is 19.1 Å². The van der Waals surface area contributed by atoms with Gasteiger partial charge in [0.1, 0.15) is 0 Å². The van der Waals surface area contributed by atoms with E-state index in [1.807, 2.05) is 24.5 Å². The summed E-state index contributed by atoms with van der Waals surface area (Å²) in [6.45, 7) is 13.6. The summed E-state index contributed by atoms with van der Waals surface area (Å²) in [5, 5.41) is 3.33. The summed E-state index contributed by atoms with van der Waals surface area (Å²) in [5.41, 5.74) is 1.35. The van der Waals surface area contributed by atoms with Crippen molar-refractivity contribution in [1.82, 2.24) is 15.2 Å². The summed E-state index contributed by atoms with van der Waals surface area (Å²) in [5.74, 6) is 0.619. The Morgan fingerprint density at radius 3 is 1.94 bits per heavy atom. The molecule has 1 aromatic rings. The molecule has 0 amide bonds. The van der Waals surface area contributed by atoms with Gasteiger partial charge in [0, 0.05) is 44.6 Å². The molecule has 0 bridgehead atoms. The first-order valence-electron chi connectivity index (χ1n) is 6.96. The van der Waals surface area contributed by atoms with Crippen LogP contribution in [-0.4, -0.2) is 42.1 Å². The highest BCUT2D eigenvalue weighted by Gasteiger charge is 2.11. The molecule has 1 aromatic heterocycles. The van der Waals surface area contributed by atoms with Crippen LogP contribution in [0.4, 0.5) is 0 Å². The number of rotatable bonds is 2. The number of hydrogen-bond acceptors (Lipinski definition) is 3. The van der Waals surface area contributed by atoms with E-state index in [1.54, 1.807) is 0 Å². The molecule has 3 nitrogen and oxygen atoms in total. The fourth-order valence-electron chi connectivity index (χ4n) is 1.95. The Morgan fingerprint density at radius 1 is 1.06 bits per heavy atom. The Labute approximate surface area is 112 Å². The molecule has 2 rings (SSSR count). The number of nitrogens with zero attached hydrogens (tertiary/aromatic N) is 2. The molecule has 0 aliphatic carbocycles. The smallest absolute Gasteiger partial charge is 0.0270 e. The monoisotopic (exact) mass is 249 g/mol. The maximum atomic E-state index is 3.93. The first-order valence-corrected chi connectivity index (χ1v) is 6.96. The third-order valence-corrected chi connectivity index (χ3v) is 3.25. The average molecular weight is 249 g/mol. The van der Waals surface area contributed by atoms with E-state index in [1.165, 1.54) is 18.7 Å². The lowest BCUT2D eigenvalue weighted by atomic mass is 10.1. The molecule has 18 heavy (non-hydrogen) atoms. The Bertz CT molecular complexity index is 303. The lowest BCUT2D eigenvalue weighted by Gasteiger charge is -2.30. The lowest BCUT2D eigenvalue weighted by Crippen LogP contribution is -2.46. The van der Waals surface area contributed by atoms with E-state index in [0.29, 0.717) is 5.92 Å². The van der Waals surface area contributed by atoms with Gasteiger partial charge in [0.25, 0.3) is 0 Å². The van der Waals surface area contributed by atoms with Crippen molar-refractivity contribution in [3.05, 3.63) is 30.1 Å². The Kier molecular flexibility index (Phi) is 6.91. The molecule has 0 unspecified atom stereocenters. The second-order valence-electron chi connectivity index (χ2n) is 5.31. The first kappa shape index (κ1) is 15.1. The Balaban J connectivity index is 0.000000180. The van der Waals surface area contributed by atoms with Crippen molar-refractivity contribution in [2.75, 3.05) is 26.2 Å². The van der Waals surface area contributed by atoms with E-state index in [4.69, 9.17) is 0 Å². The van der Waals surface area contributed by atoms with Crippen LogP contribution in [0, 0.1) is 0 Å². The number of hydrogen-bond donors (Lipinski definition) is 1. The van der Waals surface area contributed by atoms with E-state index in [2.05, 4.69) is 42.9 Å². The number of nitrogens with one attached hydrogen (secondary N) is 1. The topological polar surface area (TPSA) is 28.2 Å². The van der Waals surface area contributed by atoms with Crippen LogP contribution in [0.25, 0.3) is 0 Å². The van der Waals surface area contributed by atoms with Crippen molar-refractivity contribution >= 4 is 0 Å². The van der Waals surface area contributed by atoms with Crippen molar-refractivity contribution in [2.45, 2.75) is 39.7 Å². The largest absolute Gasteiger partial charge is 0.314 e. The van der Waals surface area contributed by atoms with E-state index >= 15 is 0 Å². The van der Waals surface area contributed by atoms with Crippen LogP contribution in [-0.2, 0) is 0 Å². The van der Waals surface area contributed by atoms with Crippen LogP contribution in [0.1, 0.15) is 39.2 Å². The van der Waals surface area contributed by atoms with Gasteiger partial charge in [0.05, 0.1) is 0 Å². The molecule has 1 fully saturated rings. The minimum absolute atomic E-state index is 0.619. The summed E-state index contributed by atoms with van der Waals surface area (Å²) < 4.78 is 0. The average Bonchev–Trinajstić information content (AvgIpc) is 2.41. The molecular formula is C15H27N3. The van der Waals surface area contributed by atoms with Gasteiger partial charge in [-0.2, -0.15) is 0 Å². The van der Waals surface area contributed by atoms with Crippen molar-refractivity contribution in [3.63, 3.8) is 0 Å². The van der Waals surface area contributed by atoms with Crippen molar-refractivity contribution in [2.24, 2.45) is 0 Å². The van der Waals surface area contributed by atoms with E-state index in [-0.39, 0.29) is 0 Å². The van der Waals surface area contributed by atoms with Crippen LogP contribution in [0.2, 0.25) is 0 Å². The summed E-state index contributed by atoms with van der Waals surface area (Å²) >= 11 is 0. The zero-order valence-corrected chi connectivity index (χ0v) is 12.2. The highest BCUT2D eigenvalue weighted by atomic mass is 15.2. The zero-order valence-electron chi connectivity index (χ0n) is 12.2. The molecule has 3 heteroatoms. The minimum atomic E-state index is 0.619. The quantitative estimate of drug-likeness (QED) is 0.873. The van der Waals surface area contributed by atoms with E-state index in [9.17, 15) is 0 Å². The van der Waals surface area contributed by atoms with Gasteiger partial charge >= 0.3 is 0 Å². The second kappa shape index (κ2) is 8.22. The minimum Gasteiger partial charge on any atom is -0.314 e. The van der Waals surface area contributed by atoms with Gasteiger partial charge in [-0.05, 0) is 37.5 Å². The second-order valence-corrected chi connectivity index (χ2v) is 5.31. The highest BCUT2D eigenvalue weighted by Crippen LogP contribution is 2.10. The summed E-state index contributed by atoms with van der Waals surface area (Å²) in [6, 6.07) is 4.82. The van der Waals surface area contributed by atoms with Gasteiger partial charge in [-0.25, -0.2) is 0 Å². The molecule has 1 aliphatic rings. The van der Waals surface area contributed by atoms with Gasteiger partial charge in [-0.1, -0.05) is 13.8 Å². The SMILES string of the molecule is CC(C)N1CCNCC1.CC(C)c1ccncc1. The van der Waals surface area contributed by atoms with Gasteiger partial charge in [-0.15, -0.1) is 0 Å². The molecule has 0 aromatic carbocycles. The number of aromatic nitrogens is 1. The maximum absolute atomic E-state index is 3.93. The predicted molar refractivity (Wildman–Crippen MR) is 77.9 cm³/mol. The molecule has 0 radical (unpaired) electrons. The standard InChI is InChI=1S/C8H11N.C7H16N2/c1-7(2)8-3-5-9-6-4-8;1-7(2)9-5-3-8-4-6-9/h3-7H,1-2H3;7-8H,3-6H2,1-2H3. The van der Waals surface area contributed by atoms with Crippen LogP contribution in [0.15, 0.2) is 24.5 Å². The molecule has 0 saturated carbocycles. The highest BCUT2D eigenvalue weighted by molar-refractivity contribution is 5.13. The molecule has 1 N–H and O–H groups in total. The van der Waals surface area contributed by atoms with Crippen LogP contribution in [0.5, 0.6) is 0 Å². The fraction of sp³-hybridized carbons (Fsp3) is 0.667. The third-order valence-electron chi connectivity index (χ3n) is 3.25. The summed E-state index contributed by atoms with van der Waals surface area (Å²) in [4.78, 5) is 6.42. The van der Waals surface area contributed by atoms with E-state index < -0.39 is 0 Å². The molecular weight excluding hydrogens is 222 g/mol. The van der Waals surface area contributed by atoms with Crippen LogP contribution < -0.4 is 5.32 Å². The molecule has 0 spiro atoms. The van der Waals surface area contributed by atoms with Crippen molar-refractivity contribution < 1.29 is 0 Å². The van der Waals surface area contributed by atoms with Gasteiger partial charge < -0.3 is 5.32 Å². The maximum Gasteiger partial charge on any atom is 0.0270 e. The van der Waals surface area contributed by atoms with Gasteiger partial charge in [-0.3, -0.25) is 9.88 Å². The molecule has 2 heterocycles. The molecule has 1 aliphatic heterocycles. The van der Waals surface area contributed by atoms with Crippen molar-refractivity contribution in [1.29, 1.82) is 0 Å². The lowest BCUT2D eigenvalue weighted by molar-refractivity contribution is 0.196. The number of pyridine rings is 1. The van der Waals surface area contributed by atoms with Gasteiger partial charge in [0.15, 0.2) is 0 Å². The molecule has 0 atom stereocenters. The number of piperazine rings is 1. The Hall–Kier alpha value is -0.930. The fourth-order valence-corrected chi connectivity index (χ4v) is 1.95. The predicted octanol–water partition coefficient (Wildman–Crippen LogP) is 2.51. The van der Waals surface area contributed by atoms with Crippen LogP contribution >= 0.6 is 0 Å². The van der Waals surface area contributed by atoms with Crippen LogP contribution in [0.3, 0.4) is 0 Å². The summed E-state index contributed by atoms with van der Waals surface area (Å²) in [7, 11) is 0. The van der Waals surface area contributed by atoms with Gasteiger partial charge in [0.2, 0.25) is 0 Å². The van der Waals surface area contributed by atoms with Crippen molar-refractivity contribution in [3.8, 4) is 0 Å². The molecule has 102 valence electrons. The first-order chi connectivity index (χ1) is 8.61. The third kappa shape index (κ3) is 5.61. The zero-order chi connectivity index (χ0) is 13.4. The molecule has 1 saturated heterocycles. The normalized spacial score (nSPS) is 16.6. The summed E-state index contributed by atoms with van der Waals surface area (Å²) in [6.07, 6.45) is 3.66. The Morgan fingerprint density at radius 2 is 1.61 bits per heavy atom.